The zero-order valence-electron chi connectivity index (χ0n) is 7.05. The predicted octanol–water partition coefficient (Wildman–Crippen LogP) is 3.14. The van der Waals surface area contributed by atoms with Gasteiger partial charge in [0.1, 0.15) is 0 Å². The Balaban J connectivity index is 1.93. The molecule has 0 aromatic heterocycles. The summed E-state index contributed by atoms with van der Waals surface area (Å²) in [5.74, 6) is 2.14. The van der Waals surface area contributed by atoms with Crippen molar-refractivity contribution in [1.29, 1.82) is 0 Å². The quantitative estimate of drug-likeness (QED) is 0.463. The van der Waals surface area contributed by atoms with Crippen molar-refractivity contribution in [2.45, 2.75) is 38.5 Å². The molecule has 3 rings (SSSR count). The first kappa shape index (κ1) is 6.28. The van der Waals surface area contributed by atoms with Crippen molar-refractivity contribution < 1.29 is 0 Å². The van der Waals surface area contributed by atoms with Gasteiger partial charge < -0.3 is 0 Å². The molecule has 0 heteroatoms. The van der Waals surface area contributed by atoms with E-state index < -0.39 is 0 Å². The van der Waals surface area contributed by atoms with Crippen LogP contribution in [0.15, 0.2) is 12.2 Å². The van der Waals surface area contributed by atoms with E-state index in [1.54, 1.807) is 12.8 Å². The Labute approximate surface area is 68.7 Å². The molecule has 3 aliphatic rings. The zero-order valence-corrected chi connectivity index (χ0v) is 7.05. The highest BCUT2D eigenvalue weighted by Crippen LogP contribution is 2.67. The van der Waals surface area contributed by atoms with Gasteiger partial charge in [0.25, 0.3) is 0 Å². The van der Waals surface area contributed by atoms with Crippen LogP contribution < -0.4 is 0 Å². The zero-order chi connectivity index (χ0) is 7.31. The summed E-state index contributed by atoms with van der Waals surface area (Å²) in [6.45, 7) is 0. The van der Waals surface area contributed by atoms with Gasteiger partial charge in [0.2, 0.25) is 0 Å². The summed E-state index contributed by atoms with van der Waals surface area (Å²) < 4.78 is 0. The Morgan fingerprint density at radius 3 is 3.18 bits per heavy atom. The SMILES string of the molecule is C1=CC2CCCC3CC23CC1. The minimum absolute atomic E-state index is 0.854. The first-order valence-electron chi connectivity index (χ1n) is 5.08. The maximum Gasteiger partial charge on any atom is -0.0174 e. The third-order valence-corrected chi connectivity index (χ3v) is 4.23. The highest BCUT2D eigenvalue weighted by atomic mass is 14.6. The molecule has 2 fully saturated rings. The highest BCUT2D eigenvalue weighted by molar-refractivity contribution is 5.16. The molecule has 0 saturated heterocycles. The van der Waals surface area contributed by atoms with Gasteiger partial charge in [0.15, 0.2) is 0 Å². The number of hydrogen-bond donors (Lipinski definition) is 0. The monoisotopic (exact) mass is 148 g/mol. The molecule has 2 saturated carbocycles. The molecular formula is C11H16. The van der Waals surface area contributed by atoms with E-state index in [0.29, 0.717) is 0 Å². The van der Waals surface area contributed by atoms with E-state index in [0.717, 1.165) is 17.3 Å². The molecule has 3 unspecified atom stereocenters. The van der Waals surface area contributed by atoms with Gasteiger partial charge in [-0.05, 0) is 49.4 Å². The second-order valence-corrected chi connectivity index (χ2v) is 4.64. The predicted molar refractivity (Wildman–Crippen MR) is 46.3 cm³/mol. The van der Waals surface area contributed by atoms with Gasteiger partial charge in [-0.3, -0.25) is 0 Å². The molecule has 11 heavy (non-hydrogen) atoms. The van der Waals surface area contributed by atoms with Crippen LogP contribution in [0.5, 0.6) is 0 Å². The van der Waals surface area contributed by atoms with Crippen LogP contribution in [0.4, 0.5) is 0 Å². The molecule has 1 spiro atoms. The fourth-order valence-electron chi connectivity index (χ4n) is 3.51. The van der Waals surface area contributed by atoms with Gasteiger partial charge >= 0.3 is 0 Å². The molecule has 0 aromatic rings. The fraction of sp³-hybridized carbons (Fsp3) is 0.818. The molecular weight excluding hydrogens is 132 g/mol. The molecule has 0 amide bonds. The summed E-state index contributed by atoms with van der Waals surface area (Å²) in [5.41, 5.74) is 0.854. The number of hydrogen-bond acceptors (Lipinski definition) is 0. The third kappa shape index (κ3) is 0.706. The van der Waals surface area contributed by atoms with E-state index >= 15 is 0 Å². The molecule has 0 bridgehead atoms. The minimum Gasteiger partial charge on any atom is -0.0882 e. The summed E-state index contributed by atoms with van der Waals surface area (Å²) >= 11 is 0. The standard InChI is InChI=1S/C11H16/c1-2-7-11-8-10(11)6-3-5-9(11)4-1/h1,4,9-10H,2-3,5-8H2. The van der Waals surface area contributed by atoms with Crippen LogP contribution >= 0.6 is 0 Å². The van der Waals surface area contributed by atoms with Crippen molar-refractivity contribution in [1.82, 2.24) is 0 Å². The van der Waals surface area contributed by atoms with Crippen molar-refractivity contribution in [3.05, 3.63) is 12.2 Å². The lowest BCUT2D eigenvalue weighted by Gasteiger charge is -2.32. The summed E-state index contributed by atoms with van der Waals surface area (Å²) in [6.07, 6.45) is 13.9. The molecule has 0 heterocycles. The molecule has 60 valence electrons. The maximum atomic E-state index is 2.52. The second kappa shape index (κ2) is 1.91. The van der Waals surface area contributed by atoms with Crippen LogP contribution in [-0.4, -0.2) is 0 Å². The van der Waals surface area contributed by atoms with Crippen LogP contribution in [0.3, 0.4) is 0 Å². The van der Waals surface area contributed by atoms with Gasteiger partial charge in [-0.1, -0.05) is 18.6 Å². The van der Waals surface area contributed by atoms with Gasteiger partial charge in [-0.2, -0.15) is 0 Å². The topological polar surface area (TPSA) is 0 Å². The summed E-state index contributed by atoms with van der Waals surface area (Å²) in [5, 5.41) is 0. The Bertz CT molecular complexity index is 204. The Morgan fingerprint density at radius 2 is 2.27 bits per heavy atom. The van der Waals surface area contributed by atoms with Gasteiger partial charge in [0, 0.05) is 0 Å². The number of allylic oxidation sites excluding steroid dienone is 2. The first-order valence-corrected chi connectivity index (χ1v) is 5.08. The van der Waals surface area contributed by atoms with E-state index in [2.05, 4.69) is 12.2 Å². The Morgan fingerprint density at radius 1 is 1.27 bits per heavy atom. The van der Waals surface area contributed by atoms with Gasteiger partial charge in [0.05, 0.1) is 0 Å². The lowest BCUT2D eigenvalue weighted by molar-refractivity contribution is 0.235. The van der Waals surface area contributed by atoms with E-state index in [1.807, 2.05) is 0 Å². The first-order chi connectivity index (χ1) is 5.42. The van der Waals surface area contributed by atoms with E-state index in [1.165, 1.54) is 25.7 Å². The second-order valence-electron chi connectivity index (χ2n) is 4.64. The van der Waals surface area contributed by atoms with Crippen LogP contribution in [0.25, 0.3) is 0 Å². The maximum absolute atomic E-state index is 2.52. The average Bonchev–Trinajstić information content (AvgIpc) is 2.75. The Kier molecular flexibility index (Phi) is 1.09. The van der Waals surface area contributed by atoms with Gasteiger partial charge in [-0.15, -0.1) is 0 Å². The number of rotatable bonds is 0. The van der Waals surface area contributed by atoms with Crippen molar-refractivity contribution in [3.8, 4) is 0 Å². The van der Waals surface area contributed by atoms with Crippen LogP contribution in [0.1, 0.15) is 38.5 Å². The van der Waals surface area contributed by atoms with Crippen molar-refractivity contribution in [2.24, 2.45) is 17.3 Å². The molecule has 0 nitrogen and oxygen atoms in total. The van der Waals surface area contributed by atoms with Crippen LogP contribution in [0, 0.1) is 17.3 Å². The largest absolute Gasteiger partial charge is 0.0882 e. The normalized spacial score (nSPS) is 53.1. The summed E-state index contributed by atoms with van der Waals surface area (Å²) in [7, 11) is 0. The van der Waals surface area contributed by atoms with Crippen LogP contribution in [0.2, 0.25) is 0 Å². The van der Waals surface area contributed by atoms with E-state index in [4.69, 9.17) is 0 Å². The average molecular weight is 148 g/mol. The Hall–Kier alpha value is -0.260. The van der Waals surface area contributed by atoms with Crippen molar-refractivity contribution in [3.63, 3.8) is 0 Å². The molecule has 0 radical (unpaired) electrons. The van der Waals surface area contributed by atoms with Crippen LogP contribution in [-0.2, 0) is 0 Å². The molecule has 0 N–H and O–H groups in total. The summed E-state index contributed by atoms with van der Waals surface area (Å²) in [6, 6.07) is 0. The molecule has 0 aliphatic heterocycles. The van der Waals surface area contributed by atoms with Crippen molar-refractivity contribution in [2.75, 3.05) is 0 Å². The highest BCUT2D eigenvalue weighted by Gasteiger charge is 2.58. The van der Waals surface area contributed by atoms with E-state index in [9.17, 15) is 0 Å². The van der Waals surface area contributed by atoms with Crippen molar-refractivity contribution >= 4 is 0 Å². The third-order valence-electron chi connectivity index (χ3n) is 4.23. The van der Waals surface area contributed by atoms with Gasteiger partial charge in [-0.25, -0.2) is 0 Å². The van der Waals surface area contributed by atoms with E-state index in [-0.39, 0.29) is 0 Å². The smallest absolute Gasteiger partial charge is 0.0174 e. The lowest BCUT2D eigenvalue weighted by atomic mass is 9.73. The molecule has 0 aromatic carbocycles. The lowest BCUT2D eigenvalue weighted by Crippen LogP contribution is -2.22. The molecule has 3 atom stereocenters. The minimum atomic E-state index is 0.854. The fourth-order valence-corrected chi connectivity index (χ4v) is 3.51. The summed E-state index contributed by atoms with van der Waals surface area (Å²) in [4.78, 5) is 0. The molecule has 3 aliphatic carbocycles.